The summed E-state index contributed by atoms with van der Waals surface area (Å²) in [5.74, 6) is 0. The molecule has 5 aliphatic rings. The van der Waals surface area contributed by atoms with Gasteiger partial charge in [0, 0.05) is 76.8 Å². The predicted molar refractivity (Wildman–Crippen MR) is 460 cm³/mol. The van der Waals surface area contributed by atoms with Gasteiger partial charge in [0.15, 0.2) is 0 Å². The van der Waals surface area contributed by atoms with Gasteiger partial charge in [-0.25, -0.2) is 0 Å². The number of fused-ring (bicyclic) bond motifs is 25. The van der Waals surface area contributed by atoms with E-state index in [1.165, 1.54) is 227 Å². The van der Waals surface area contributed by atoms with Crippen molar-refractivity contribution >= 4 is 60.9 Å². The number of hydrogen-bond donors (Lipinski definition) is 0. The summed E-state index contributed by atoms with van der Waals surface area (Å²) in [4.78, 5) is 2.54. The van der Waals surface area contributed by atoms with Crippen molar-refractivity contribution in [1.82, 2.24) is 0 Å². The van der Waals surface area contributed by atoms with Crippen molar-refractivity contribution in [2.24, 2.45) is 0 Å². The van der Waals surface area contributed by atoms with Crippen molar-refractivity contribution in [1.29, 1.82) is 0 Å². The zero-order valence-electron chi connectivity index (χ0n) is 65.3. The number of hydrogen-bond acceptors (Lipinski definition) is 3. The van der Waals surface area contributed by atoms with Gasteiger partial charge < -0.3 is 13.7 Å². The molecule has 3 nitrogen and oxygen atoms in total. The highest BCUT2D eigenvalue weighted by Gasteiger charge is 2.50. The molecule has 109 heavy (non-hydrogen) atoms. The molecule has 0 saturated carbocycles. The zero-order valence-corrected chi connectivity index (χ0v) is 65.3. The molecule has 0 spiro atoms. The van der Waals surface area contributed by atoms with Crippen molar-refractivity contribution in [2.75, 3.05) is 4.90 Å². The van der Waals surface area contributed by atoms with Crippen LogP contribution in [0, 0.1) is 6.92 Å². The highest BCUT2D eigenvalue weighted by atomic mass is 16.3. The summed E-state index contributed by atoms with van der Waals surface area (Å²) in [7, 11) is 0. The monoisotopic (exact) mass is 1420 g/mol. The smallest absolute Gasteiger partial charge is 0.144 e. The number of rotatable bonds is 18. The van der Waals surface area contributed by atoms with Crippen molar-refractivity contribution in [3.63, 3.8) is 0 Å². The van der Waals surface area contributed by atoms with Crippen LogP contribution in [0.5, 0.6) is 0 Å². The Kier molecular flexibility index (Phi) is 15.4. The number of para-hydroxylation sites is 2. The number of aryl methyl sites for hydroxylation is 1. The standard InChI is InChI=1S/C106H97NO2/c1-12-14-16-18-28-55-106(56-29-19-17-15-13-2)84-38-25-20-33-73(84)76-52-45-68(60-89(76)106)67-44-51-75-74-50-43-66(58-85(74)102(4,5)86(75)59-67)65-41-46-70(47-42-65)107(71-48-53-78-87(61-71)103(6,7)90-63-82(69-32-30-31-64(3)57-69)100-95(93(78)90)80-35-22-26-39-91(80)108-100)72-49-54-79-88(62-72)105(10,11)99-97(79)101-96(81-36-23-27-40-92(81)109-101)94-77-34-21-24-37-83(77)104(8,9)98(94)99/h20-27,30-54,57-63H,12-19,28-29,55-56H2,1-11H3. The summed E-state index contributed by atoms with van der Waals surface area (Å²) in [6.45, 7) is 26.4. The lowest BCUT2D eigenvalue weighted by molar-refractivity contribution is 0.399. The molecule has 538 valence electrons. The summed E-state index contributed by atoms with van der Waals surface area (Å²) in [6.07, 6.45) is 15.4. The van der Waals surface area contributed by atoms with E-state index in [1.54, 1.807) is 11.1 Å². The van der Waals surface area contributed by atoms with Crippen LogP contribution < -0.4 is 4.90 Å². The van der Waals surface area contributed by atoms with E-state index >= 15 is 0 Å². The molecule has 15 aromatic rings. The topological polar surface area (TPSA) is 29.5 Å². The van der Waals surface area contributed by atoms with E-state index < -0.39 is 5.41 Å². The zero-order chi connectivity index (χ0) is 74.2. The van der Waals surface area contributed by atoms with Crippen LogP contribution in [-0.2, 0) is 27.1 Å². The Morgan fingerprint density at radius 2 is 0.725 bits per heavy atom. The van der Waals surface area contributed by atoms with Gasteiger partial charge in [0.25, 0.3) is 0 Å². The maximum Gasteiger partial charge on any atom is 0.144 e. The Hall–Kier alpha value is -10.7. The van der Waals surface area contributed by atoms with Crippen LogP contribution >= 0.6 is 0 Å². The van der Waals surface area contributed by atoms with Crippen molar-refractivity contribution < 1.29 is 8.83 Å². The summed E-state index contributed by atoms with van der Waals surface area (Å²) in [5, 5.41) is 4.73. The Balaban J connectivity index is 0.692. The third kappa shape index (κ3) is 9.92. The summed E-state index contributed by atoms with van der Waals surface area (Å²) < 4.78 is 14.2. The molecule has 0 unspecified atom stereocenters. The number of unbranched alkanes of at least 4 members (excludes halogenated alkanes) is 8. The third-order valence-corrected chi connectivity index (χ3v) is 27.2. The summed E-state index contributed by atoms with van der Waals surface area (Å²) in [5.41, 5.74) is 41.7. The number of anilines is 3. The normalized spacial score (nSPS) is 15.6. The molecule has 13 aromatic carbocycles. The lowest BCUT2D eigenvalue weighted by Crippen LogP contribution is -2.25. The second-order valence-corrected chi connectivity index (χ2v) is 34.9. The van der Waals surface area contributed by atoms with Gasteiger partial charge in [-0.2, -0.15) is 0 Å². The second kappa shape index (κ2) is 24.9. The Morgan fingerprint density at radius 3 is 1.35 bits per heavy atom. The SMILES string of the molecule is CCCCCCCC1(CCCCCCC)c2ccccc2-c2ccc(-c3ccc4c(c3)C(C)(C)c3cc(-c5ccc(N(c6ccc7c(c6)C(C)(C)c6cc(-c8cccc(C)c8)c8oc9ccccc9c8c6-7)c6ccc7c(c6)C(C)(C)c6c8c(c9c(oc%10ccccc%109)c6-7)-c6ccccc6C8(C)C)cc5)ccc3-4)cc21. The van der Waals surface area contributed by atoms with E-state index in [0.29, 0.717) is 0 Å². The average Bonchev–Trinajstić information content (AvgIpc) is 1.51. The minimum atomic E-state index is -0.396. The fraction of sp³-hybridized carbons (Fsp3) is 0.264. The molecule has 0 fully saturated rings. The molecule has 3 heteroatoms. The maximum absolute atomic E-state index is 7.21. The fourth-order valence-electron chi connectivity index (χ4n) is 21.6. The van der Waals surface area contributed by atoms with Crippen LogP contribution in [0.2, 0.25) is 0 Å². The fourth-order valence-corrected chi connectivity index (χ4v) is 21.6. The summed E-state index contributed by atoms with van der Waals surface area (Å²) >= 11 is 0. The first kappa shape index (κ1) is 67.6. The quantitative estimate of drug-likeness (QED) is 0.0802. The van der Waals surface area contributed by atoms with Crippen LogP contribution in [0.15, 0.2) is 251 Å². The van der Waals surface area contributed by atoms with E-state index in [9.17, 15) is 0 Å². The molecular formula is C106H97NO2. The molecule has 0 N–H and O–H groups in total. The van der Waals surface area contributed by atoms with Gasteiger partial charge in [0.05, 0.1) is 0 Å². The Labute approximate surface area is 643 Å². The molecule has 0 saturated heterocycles. The Bertz CT molecular complexity index is 6280. The summed E-state index contributed by atoms with van der Waals surface area (Å²) in [6, 6.07) is 93.6. The highest BCUT2D eigenvalue weighted by molar-refractivity contribution is 6.22. The van der Waals surface area contributed by atoms with Gasteiger partial charge in [-0.3, -0.25) is 0 Å². The van der Waals surface area contributed by atoms with Crippen molar-refractivity contribution in [3.8, 4) is 89.0 Å². The molecule has 0 aliphatic heterocycles. The van der Waals surface area contributed by atoms with E-state index in [0.717, 1.165) is 50.3 Å². The number of furan rings is 2. The lowest BCUT2D eigenvalue weighted by Gasteiger charge is -2.33. The minimum Gasteiger partial charge on any atom is -0.455 e. The molecule has 20 rings (SSSR count). The van der Waals surface area contributed by atoms with E-state index in [4.69, 9.17) is 8.83 Å². The van der Waals surface area contributed by atoms with Gasteiger partial charge in [-0.15, -0.1) is 0 Å². The third-order valence-electron chi connectivity index (χ3n) is 27.2. The highest BCUT2D eigenvalue weighted by Crippen LogP contribution is 2.65. The lowest BCUT2D eigenvalue weighted by atomic mass is 9.70. The average molecular weight is 1420 g/mol. The first-order valence-corrected chi connectivity index (χ1v) is 40.8. The number of nitrogens with zero attached hydrogens (tertiary/aromatic N) is 1. The molecule has 2 heterocycles. The van der Waals surface area contributed by atoms with Crippen molar-refractivity contribution in [2.45, 2.75) is 180 Å². The van der Waals surface area contributed by atoms with Crippen LogP contribution in [0.1, 0.15) is 207 Å². The first-order valence-electron chi connectivity index (χ1n) is 40.8. The van der Waals surface area contributed by atoms with Crippen LogP contribution in [0.25, 0.3) is 133 Å². The van der Waals surface area contributed by atoms with E-state index in [1.807, 2.05) is 0 Å². The van der Waals surface area contributed by atoms with Gasteiger partial charge in [0.1, 0.15) is 22.3 Å². The van der Waals surface area contributed by atoms with Crippen molar-refractivity contribution in [3.05, 3.63) is 304 Å². The van der Waals surface area contributed by atoms with Crippen LogP contribution in [0.4, 0.5) is 17.1 Å². The van der Waals surface area contributed by atoms with Crippen LogP contribution in [-0.4, -0.2) is 0 Å². The van der Waals surface area contributed by atoms with Gasteiger partial charge >= 0.3 is 0 Å². The molecule has 2 aromatic heterocycles. The van der Waals surface area contributed by atoms with Gasteiger partial charge in [-0.1, -0.05) is 309 Å². The maximum atomic E-state index is 7.21. The molecule has 0 radical (unpaired) electrons. The molecule has 0 amide bonds. The minimum absolute atomic E-state index is 0.0354. The molecular weight excluding hydrogens is 1320 g/mol. The second-order valence-electron chi connectivity index (χ2n) is 34.9. The van der Waals surface area contributed by atoms with E-state index in [2.05, 4.69) is 324 Å². The molecule has 0 bridgehead atoms. The molecule has 0 atom stereocenters. The first-order chi connectivity index (χ1) is 52.9. The van der Waals surface area contributed by atoms with Gasteiger partial charge in [-0.05, 0) is 226 Å². The Morgan fingerprint density at radius 1 is 0.284 bits per heavy atom. The van der Waals surface area contributed by atoms with Crippen LogP contribution in [0.3, 0.4) is 0 Å². The largest absolute Gasteiger partial charge is 0.455 e. The number of benzene rings is 13. The predicted octanol–water partition coefficient (Wildman–Crippen LogP) is 30.5. The van der Waals surface area contributed by atoms with E-state index in [-0.39, 0.29) is 21.7 Å². The molecule has 5 aliphatic carbocycles. The van der Waals surface area contributed by atoms with Gasteiger partial charge in [0.2, 0.25) is 0 Å².